The van der Waals surface area contributed by atoms with Gasteiger partial charge in [-0.1, -0.05) is 24.6 Å². The van der Waals surface area contributed by atoms with Crippen molar-refractivity contribution in [2.45, 2.75) is 19.3 Å². The maximum absolute atomic E-state index is 13.0. The molecule has 1 aliphatic heterocycles. The monoisotopic (exact) mass is 457 g/mol. The number of nitrogens with one attached hydrogen (secondary N) is 2. The van der Waals surface area contributed by atoms with Crippen molar-refractivity contribution in [2.75, 3.05) is 31.6 Å². The van der Waals surface area contributed by atoms with Gasteiger partial charge in [0.05, 0.1) is 6.26 Å². The lowest BCUT2D eigenvalue weighted by Gasteiger charge is -2.26. The topological polar surface area (TPSA) is 87.6 Å². The van der Waals surface area contributed by atoms with Crippen LogP contribution in [0.25, 0.3) is 22.0 Å². The molecule has 0 radical (unpaired) electrons. The summed E-state index contributed by atoms with van der Waals surface area (Å²) in [5, 5.41) is 3.74. The molecule has 0 unspecified atom stereocenters. The highest BCUT2D eigenvalue weighted by Crippen LogP contribution is 2.33. The zero-order valence-corrected chi connectivity index (χ0v) is 18.9. The second-order valence-corrected chi connectivity index (χ2v) is 8.47. The predicted molar refractivity (Wildman–Crippen MR) is 132 cm³/mol. The molecule has 7 heteroatoms. The van der Waals surface area contributed by atoms with E-state index in [1.807, 2.05) is 36.4 Å². The molecule has 7 nitrogen and oxygen atoms in total. The van der Waals surface area contributed by atoms with E-state index in [9.17, 15) is 9.59 Å². The molecule has 174 valence electrons. The maximum Gasteiger partial charge on any atom is 0.360 e. The Bertz CT molecular complexity index is 1330. The van der Waals surface area contributed by atoms with Crippen molar-refractivity contribution >= 4 is 22.5 Å². The molecule has 0 aliphatic carbocycles. The summed E-state index contributed by atoms with van der Waals surface area (Å²) >= 11 is 0. The minimum absolute atomic E-state index is 0.216. The standard InChI is InChI=1S/C27H27N3O4/c31-26(19-8-10-20(11-9-19)33-17-15-30-13-4-1-5-14-30)29-24-7-3-2-6-21(24)23-18-28-25-22(23)12-16-34-27(25)32/h2-3,6-12,16,18,28H,1,4-5,13-15,17H2,(H,29,31). The second kappa shape index (κ2) is 9.97. The number of benzene rings is 2. The average molecular weight is 458 g/mol. The van der Waals surface area contributed by atoms with Gasteiger partial charge in [0, 0.05) is 40.5 Å². The Morgan fingerprint density at radius 3 is 2.62 bits per heavy atom. The van der Waals surface area contributed by atoms with Crippen molar-refractivity contribution in [1.82, 2.24) is 9.88 Å². The lowest BCUT2D eigenvalue weighted by molar-refractivity contribution is 0.102. The minimum atomic E-state index is -0.427. The molecular formula is C27H27N3O4. The SMILES string of the molecule is O=C(Nc1ccccc1-c1c[nH]c2c(=O)occc12)c1ccc(OCCN2CCCCC2)cc1. The zero-order chi connectivity index (χ0) is 23.3. The first-order chi connectivity index (χ1) is 16.7. The molecule has 0 saturated carbocycles. The summed E-state index contributed by atoms with van der Waals surface area (Å²) in [5.74, 6) is 0.540. The van der Waals surface area contributed by atoms with Gasteiger partial charge in [0.2, 0.25) is 0 Å². The van der Waals surface area contributed by atoms with E-state index in [2.05, 4.69) is 15.2 Å². The summed E-state index contributed by atoms with van der Waals surface area (Å²) in [6, 6.07) is 16.4. The van der Waals surface area contributed by atoms with Crippen LogP contribution in [0.4, 0.5) is 5.69 Å². The van der Waals surface area contributed by atoms with E-state index in [0.717, 1.165) is 41.9 Å². The van der Waals surface area contributed by atoms with Gasteiger partial charge in [0.1, 0.15) is 17.9 Å². The Morgan fingerprint density at radius 2 is 1.79 bits per heavy atom. The number of hydrogen-bond donors (Lipinski definition) is 2. The normalized spacial score (nSPS) is 14.2. The summed E-state index contributed by atoms with van der Waals surface area (Å²) in [5.41, 5.74) is 2.79. The largest absolute Gasteiger partial charge is 0.492 e. The van der Waals surface area contributed by atoms with Gasteiger partial charge in [-0.05, 0) is 62.3 Å². The molecular weight excluding hydrogens is 430 g/mol. The fraction of sp³-hybridized carbons (Fsp3) is 0.259. The van der Waals surface area contributed by atoms with E-state index >= 15 is 0 Å². The van der Waals surface area contributed by atoms with Gasteiger partial charge < -0.3 is 19.5 Å². The van der Waals surface area contributed by atoms with E-state index in [1.54, 1.807) is 24.4 Å². The molecule has 2 aromatic carbocycles. The van der Waals surface area contributed by atoms with Gasteiger partial charge in [0.15, 0.2) is 0 Å². The van der Waals surface area contributed by atoms with Crippen LogP contribution in [0.15, 0.2) is 76.3 Å². The van der Waals surface area contributed by atoms with Crippen LogP contribution < -0.4 is 15.7 Å². The van der Waals surface area contributed by atoms with Gasteiger partial charge in [-0.3, -0.25) is 9.69 Å². The number of likely N-dealkylation sites (tertiary alicyclic amines) is 1. The number of H-pyrrole nitrogens is 1. The van der Waals surface area contributed by atoms with Crippen LogP contribution >= 0.6 is 0 Å². The maximum atomic E-state index is 13.0. The number of amides is 1. The number of aromatic amines is 1. The summed E-state index contributed by atoms with van der Waals surface area (Å²) in [6.07, 6.45) is 6.98. The van der Waals surface area contributed by atoms with E-state index in [-0.39, 0.29) is 5.91 Å². The molecule has 3 heterocycles. The summed E-state index contributed by atoms with van der Waals surface area (Å²) in [4.78, 5) is 30.3. The lowest BCUT2D eigenvalue weighted by atomic mass is 10.0. The second-order valence-electron chi connectivity index (χ2n) is 8.47. The Morgan fingerprint density at radius 1 is 1.00 bits per heavy atom. The molecule has 5 rings (SSSR count). The molecule has 0 atom stereocenters. The van der Waals surface area contributed by atoms with Crippen LogP contribution in [0.2, 0.25) is 0 Å². The molecule has 1 saturated heterocycles. The van der Waals surface area contributed by atoms with Gasteiger partial charge in [-0.2, -0.15) is 0 Å². The van der Waals surface area contributed by atoms with E-state index in [4.69, 9.17) is 9.15 Å². The summed E-state index contributed by atoms with van der Waals surface area (Å²) in [7, 11) is 0. The third-order valence-corrected chi connectivity index (χ3v) is 6.24. The van der Waals surface area contributed by atoms with Crippen molar-refractivity contribution in [3.63, 3.8) is 0 Å². The van der Waals surface area contributed by atoms with E-state index in [1.165, 1.54) is 25.5 Å². The first kappa shape index (κ1) is 22.0. The number of nitrogens with zero attached hydrogens (tertiary/aromatic N) is 1. The molecule has 2 N–H and O–H groups in total. The average Bonchev–Trinajstić information content (AvgIpc) is 3.31. The molecule has 4 aromatic rings. The molecule has 34 heavy (non-hydrogen) atoms. The third kappa shape index (κ3) is 4.75. The third-order valence-electron chi connectivity index (χ3n) is 6.24. The van der Waals surface area contributed by atoms with Crippen molar-refractivity contribution in [3.05, 3.63) is 83.0 Å². The number of aromatic nitrogens is 1. The van der Waals surface area contributed by atoms with E-state index < -0.39 is 5.63 Å². The Kier molecular flexibility index (Phi) is 6.44. The quantitative estimate of drug-likeness (QED) is 0.412. The van der Waals surface area contributed by atoms with Crippen molar-refractivity contribution in [2.24, 2.45) is 0 Å². The highest BCUT2D eigenvalue weighted by Gasteiger charge is 2.15. The highest BCUT2D eigenvalue weighted by atomic mass is 16.5. The molecule has 1 fully saturated rings. The molecule has 0 bridgehead atoms. The summed E-state index contributed by atoms with van der Waals surface area (Å²) in [6.45, 7) is 3.86. The first-order valence-corrected chi connectivity index (χ1v) is 11.6. The number of carbonyl (C=O) groups is 1. The van der Waals surface area contributed by atoms with Gasteiger partial charge >= 0.3 is 5.63 Å². The fourth-order valence-electron chi connectivity index (χ4n) is 4.42. The zero-order valence-electron chi connectivity index (χ0n) is 18.9. The highest BCUT2D eigenvalue weighted by molar-refractivity contribution is 6.08. The van der Waals surface area contributed by atoms with E-state index in [0.29, 0.717) is 23.4 Å². The molecule has 2 aromatic heterocycles. The first-order valence-electron chi connectivity index (χ1n) is 11.6. The number of piperidine rings is 1. The number of hydrogen-bond acceptors (Lipinski definition) is 5. The van der Waals surface area contributed by atoms with Crippen LogP contribution in [0.1, 0.15) is 29.6 Å². The van der Waals surface area contributed by atoms with Crippen LogP contribution in [0.3, 0.4) is 0 Å². The molecule has 1 amide bonds. The molecule has 1 aliphatic rings. The van der Waals surface area contributed by atoms with Gasteiger partial charge in [-0.15, -0.1) is 0 Å². The number of anilines is 1. The molecule has 0 spiro atoms. The number of carbonyl (C=O) groups excluding carboxylic acids is 1. The van der Waals surface area contributed by atoms with Crippen LogP contribution in [-0.4, -0.2) is 42.0 Å². The fourth-order valence-corrected chi connectivity index (χ4v) is 4.42. The number of ether oxygens (including phenoxy) is 1. The predicted octanol–water partition coefficient (Wildman–Crippen LogP) is 4.91. The Hall–Kier alpha value is -3.84. The Balaban J connectivity index is 1.27. The lowest BCUT2D eigenvalue weighted by Crippen LogP contribution is -2.33. The van der Waals surface area contributed by atoms with Crippen LogP contribution in [-0.2, 0) is 0 Å². The van der Waals surface area contributed by atoms with Crippen molar-refractivity contribution in [3.8, 4) is 16.9 Å². The minimum Gasteiger partial charge on any atom is -0.492 e. The number of para-hydroxylation sites is 1. The van der Waals surface area contributed by atoms with Crippen molar-refractivity contribution < 1.29 is 13.9 Å². The van der Waals surface area contributed by atoms with Crippen molar-refractivity contribution in [1.29, 1.82) is 0 Å². The smallest absolute Gasteiger partial charge is 0.360 e. The summed E-state index contributed by atoms with van der Waals surface area (Å²) < 4.78 is 10.8. The van der Waals surface area contributed by atoms with Gasteiger partial charge in [-0.25, -0.2) is 4.79 Å². The Labute approximate surface area is 197 Å². The number of rotatable bonds is 7. The van der Waals surface area contributed by atoms with Crippen LogP contribution in [0.5, 0.6) is 5.75 Å². The van der Waals surface area contributed by atoms with Crippen LogP contribution in [0, 0.1) is 0 Å². The van der Waals surface area contributed by atoms with Gasteiger partial charge in [0.25, 0.3) is 5.91 Å². The number of fused-ring (bicyclic) bond motifs is 1.